The van der Waals surface area contributed by atoms with Gasteiger partial charge in [-0.15, -0.1) is 0 Å². The van der Waals surface area contributed by atoms with Crippen molar-refractivity contribution >= 4 is 11.6 Å². The van der Waals surface area contributed by atoms with E-state index in [1.165, 1.54) is 30.1 Å². The molecule has 0 fully saturated rings. The molecule has 0 saturated heterocycles. The van der Waals surface area contributed by atoms with E-state index in [0.717, 1.165) is 0 Å². The van der Waals surface area contributed by atoms with E-state index in [4.69, 9.17) is 4.74 Å². The van der Waals surface area contributed by atoms with Crippen LogP contribution in [0.3, 0.4) is 0 Å². The van der Waals surface area contributed by atoms with Gasteiger partial charge in [-0.1, -0.05) is 19.1 Å². The molecule has 4 nitrogen and oxygen atoms in total. The summed E-state index contributed by atoms with van der Waals surface area (Å²) < 4.78 is 57.8. The standard InChI is InChI=1S/C15H15F4N3O/c1-3-8-23-13-10(15(17,18)19)9-20-14(21-13)22(2)12-7-5-4-6-11(12)16/h4-7,9H,3,8H2,1-2H3. The van der Waals surface area contributed by atoms with Gasteiger partial charge in [-0.05, 0) is 18.6 Å². The maximum Gasteiger partial charge on any atom is 0.423 e. The van der Waals surface area contributed by atoms with Gasteiger partial charge in [-0.3, -0.25) is 0 Å². The molecule has 0 radical (unpaired) electrons. The van der Waals surface area contributed by atoms with Crippen LogP contribution >= 0.6 is 0 Å². The highest BCUT2D eigenvalue weighted by molar-refractivity contribution is 5.57. The number of alkyl halides is 3. The first-order valence-electron chi connectivity index (χ1n) is 6.90. The molecule has 0 aliphatic carbocycles. The summed E-state index contributed by atoms with van der Waals surface area (Å²) in [5, 5.41) is 0. The van der Waals surface area contributed by atoms with Crippen LogP contribution in [0.4, 0.5) is 29.2 Å². The third-order valence-electron chi connectivity index (χ3n) is 3.00. The Balaban J connectivity index is 2.42. The van der Waals surface area contributed by atoms with Gasteiger partial charge in [0.2, 0.25) is 11.8 Å². The second-order valence-corrected chi connectivity index (χ2v) is 4.75. The monoisotopic (exact) mass is 329 g/mol. The van der Waals surface area contributed by atoms with E-state index < -0.39 is 23.4 Å². The van der Waals surface area contributed by atoms with Crippen LogP contribution in [0.1, 0.15) is 18.9 Å². The Morgan fingerprint density at radius 2 is 1.91 bits per heavy atom. The number of aromatic nitrogens is 2. The van der Waals surface area contributed by atoms with Crippen LogP contribution in [0.15, 0.2) is 30.5 Å². The van der Waals surface area contributed by atoms with Gasteiger partial charge in [-0.25, -0.2) is 9.37 Å². The Labute approximate surface area is 130 Å². The van der Waals surface area contributed by atoms with Crippen LogP contribution in [-0.2, 0) is 6.18 Å². The van der Waals surface area contributed by atoms with Crippen molar-refractivity contribution in [2.75, 3.05) is 18.6 Å². The van der Waals surface area contributed by atoms with Crippen molar-refractivity contribution in [2.45, 2.75) is 19.5 Å². The molecule has 0 N–H and O–H groups in total. The second-order valence-electron chi connectivity index (χ2n) is 4.75. The summed E-state index contributed by atoms with van der Waals surface area (Å²) in [6.45, 7) is 1.85. The lowest BCUT2D eigenvalue weighted by Gasteiger charge is -2.20. The van der Waals surface area contributed by atoms with Crippen LogP contribution in [-0.4, -0.2) is 23.6 Å². The second kappa shape index (κ2) is 6.80. The Bertz CT molecular complexity index is 676. The number of benzene rings is 1. The lowest BCUT2D eigenvalue weighted by atomic mass is 10.3. The number of halogens is 4. The molecule has 2 rings (SSSR count). The Kier molecular flexibility index (Phi) is 5.02. The molecule has 0 unspecified atom stereocenters. The summed E-state index contributed by atoms with van der Waals surface area (Å²) in [4.78, 5) is 8.74. The largest absolute Gasteiger partial charge is 0.477 e. The molecule has 23 heavy (non-hydrogen) atoms. The van der Waals surface area contributed by atoms with Crippen LogP contribution in [0.25, 0.3) is 0 Å². The zero-order chi connectivity index (χ0) is 17.0. The van der Waals surface area contributed by atoms with E-state index in [1.807, 2.05) is 0 Å². The molecule has 1 aromatic heterocycles. The molecule has 0 saturated carbocycles. The lowest BCUT2D eigenvalue weighted by molar-refractivity contribution is -0.139. The zero-order valence-electron chi connectivity index (χ0n) is 12.6. The van der Waals surface area contributed by atoms with E-state index >= 15 is 0 Å². The van der Waals surface area contributed by atoms with Gasteiger partial charge in [0.1, 0.15) is 11.4 Å². The topological polar surface area (TPSA) is 38.2 Å². The number of para-hydroxylation sites is 1. The maximum absolute atomic E-state index is 13.8. The molecule has 0 aliphatic heterocycles. The first kappa shape index (κ1) is 17.0. The first-order valence-corrected chi connectivity index (χ1v) is 6.90. The summed E-state index contributed by atoms with van der Waals surface area (Å²) in [6, 6.07) is 5.83. The molecule has 1 aromatic carbocycles. The molecule has 124 valence electrons. The number of rotatable bonds is 5. The molecule has 0 atom stereocenters. The fourth-order valence-electron chi connectivity index (χ4n) is 1.85. The van der Waals surface area contributed by atoms with E-state index in [0.29, 0.717) is 12.6 Å². The maximum atomic E-state index is 13.8. The van der Waals surface area contributed by atoms with E-state index in [1.54, 1.807) is 13.0 Å². The predicted molar refractivity (Wildman–Crippen MR) is 77.3 cm³/mol. The predicted octanol–water partition coefficient (Wildman–Crippen LogP) is 4.19. The fraction of sp³-hybridized carbons (Fsp3) is 0.333. The summed E-state index contributed by atoms with van der Waals surface area (Å²) in [5.74, 6) is -1.18. The third kappa shape index (κ3) is 3.88. The summed E-state index contributed by atoms with van der Waals surface area (Å²) >= 11 is 0. The minimum Gasteiger partial charge on any atom is -0.477 e. The highest BCUT2D eigenvalue weighted by Gasteiger charge is 2.36. The summed E-state index contributed by atoms with van der Waals surface area (Å²) in [6.07, 6.45) is -3.46. The van der Waals surface area contributed by atoms with Gasteiger partial charge in [0.25, 0.3) is 0 Å². The number of anilines is 2. The minimum absolute atomic E-state index is 0.0863. The summed E-state index contributed by atoms with van der Waals surface area (Å²) in [7, 11) is 1.46. The minimum atomic E-state index is -4.63. The van der Waals surface area contributed by atoms with E-state index in [2.05, 4.69) is 9.97 Å². The molecule has 0 spiro atoms. The van der Waals surface area contributed by atoms with Gasteiger partial charge in [0, 0.05) is 13.2 Å². The molecular weight excluding hydrogens is 314 g/mol. The normalized spacial score (nSPS) is 11.4. The number of ether oxygens (including phenoxy) is 1. The van der Waals surface area contributed by atoms with Crippen molar-refractivity contribution in [1.29, 1.82) is 0 Å². The SMILES string of the molecule is CCCOc1nc(N(C)c2ccccc2F)ncc1C(F)(F)F. The molecule has 0 bridgehead atoms. The van der Waals surface area contributed by atoms with Gasteiger partial charge in [0.15, 0.2) is 0 Å². The van der Waals surface area contributed by atoms with Gasteiger partial charge in [-0.2, -0.15) is 18.2 Å². The highest BCUT2D eigenvalue weighted by Crippen LogP contribution is 2.36. The third-order valence-corrected chi connectivity index (χ3v) is 3.00. The van der Waals surface area contributed by atoms with Crippen LogP contribution < -0.4 is 9.64 Å². The van der Waals surface area contributed by atoms with Gasteiger partial charge >= 0.3 is 6.18 Å². The van der Waals surface area contributed by atoms with Gasteiger partial charge < -0.3 is 9.64 Å². The quantitative estimate of drug-likeness (QED) is 0.771. The molecule has 1 heterocycles. The van der Waals surface area contributed by atoms with Crippen LogP contribution in [0.5, 0.6) is 5.88 Å². The first-order chi connectivity index (χ1) is 10.8. The highest BCUT2D eigenvalue weighted by atomic mass is 19.4. The van der Waals surface area contributed by atoms with E-state index in [-0.39, 0.29) is 18.2 Å². The van der Waals surface area contributed by atoms with E-state index in [9.17, 15) is 17.6 Å². The summed E-state index contributed by atoms with van der Waals surface area (Å²) in [5.41, 5.74) is -0.912. The number of hydrogen-bond donors (Lipinski definition) is 0. The molecule has 2 aromatic rings. The Hall–Kier alpha value is -2.38. The van der Waals surface area contributed by atoms with Crippen molar-refractivity contribution in [2.24, 2.45) is 0 Å². The van der Waals surface area contributed by atoms with Crippen LogP contribution in [0, 0.1) is 5.82 Å². The van der Waals surface area contributed by atoms with Gasteiger partial charge in [0.05, 0.1) is 12.3 Å². The smallest absolute Gasteiger partial charge is 0.423 e. The Morgan fingerprint density at radius 3 is 2.52 bits per heavy atom. The van der Waals surface area contributed by atoms with Crippen molar-refractivity contribution in [3.8, 4) is 5.88 Å². The van der Waals surface area contributed by atoms with Crippen molar-refractivity contribution in [1.82, 2.24) is 9.97 Å². The van der Waals surface area contributed by atoms with Crippen LogP contribution in [0.2, 0.25) is 0 Å². The fourth-order valence-corrected chi connectivity index (χ4v) is 1.85. The number of nitrogens with zero attached hydrogens (tertiary/aromatic N) is 3. The lowest BCUT2D eigenvalue weighted by Crippen LogP contribution is -2.18. The molecule has 0 amide bonds. The molecule has 8 heteroatoms. The Morgan fingerprint density at radius 1 is 1.22 bits per heavy atom. The molecular formula is C15H15F4N3O. The van der Waals surface area contributed by atoms with Crippen molar-refractivity contribution < 1.29 is 22.3 Å². The number of hydrogen-bond acceptors (Lipinski definition) is 4. The van der Waals surface area contributed by atoms with Crippen molar-refractivity contribution in [3.63, 3.8) is 0 Å². The average Bonchev–Trinajstić information content (AvgIpc) is 2.51. The zero-order valence-corrected chi connectivity index (χ0v) is 12.6. The molecule has 0 aliphatic rings. The van der Waals surface area contributed by atoms with Crippen molar-refractivity contribution in [3.05, 3.63) is 41.8 Å². The average molecular weight is 329 g/mol.